The van der Waals surface area contributed by atoms with Gasteiger partial charge in [-0.3, -0.25) is 0 Å². The van der Waals surface area contributed by atoms with Gasteiger partial charge < -0.3 is 0 Å². The van der Waals surface area contributed by atoms with Crippen LogP contribution in [-0.4, -0.2) is 15.2 Å². The van der Waals surface area contributed by atoms with Crippen molar-refractivity contribution in [3.05, 3.63) is 51.5 Å². The van der Waals surface area contributed by atoms with Crippen molar-refractivity contribution in [3.8, 4) is 0 Å². The minimum Gasteiger partial charge on any atom is -0.246 e. The Morgan fingerprint density at radius 3 is 2.25 bits per heavy atom. The van der Waals surface area contributed by atoms with Crippen molar-refractivity contribution in [2.75, 3.05) is 0 Å². The van der Waals surface area contributed by atoms with Crippen LogP contribution in [0.15, 0.2) is 38.3 Å². The predicted octanol–water partition coefficient (Wildman–Crippen LogP) is 6.01. The van der Waals surface area contributed by atoms with Gasteiger partial charge in [-0.25, -0.2) is 4.98 Å². The lowest BCUT2D eigenvalue weighted by molar-refractivity contribution is 0.866. The first-order valence-corrected chi connectivity index (χ1v) is 11.4. The van der Waals surface area contributed by atoms with Crippen LogP contribution in [0.25, 0.3) is 0 Å². The molecule has 2 heterocycles. The molecule has 0 radical (unpaired) electrons. The number of thiazole rings is 1. The van der Waals surface area contributed by atoms with Gasteiger partial charge in [-0.2, -0.15) is 0 Å². The van der Waals surface area contributed by atoms with Crippen molar-refractivity contribution in [2.24, 2.45) is 0 Å². The van der Waals surface area contributed by atoms with Crippen LogP contribution in [0, 0.1) is 6.92 Å². The molecule has 0 aliphatic rings. The first kappa shape index (κ1) is 17.9. The second-order valence-corrected chi connectivity index (χ2v) is 10.2. The van der Waals surface area contributed by atoms with Crippen molar-refractivity contribution >= 4 is 46.2 Å². The third kappa shape index (κ3) is 5.05. The average molecular weight is 394 g/mol. The Morgan fingerprint density at radius 2 is 1.67 bits per heavy atom. The maximum atomic E-state index is 4.48. The third-order valence-electron chi connectivity index (χ3n) is 3.41. The molecule has 0 N–H and O–H groups in total. The van der Waals surface area contributed by atoms with E-state index in [0.717, 1.165) is 30.9 Å². The molecule has 0 amide bonds. The van der Waals surface area contributed by atoms with Crippen molar-refractivity contribution in [1.82, 2.24) is 15.2 Å². The number of nitrogens with zero attached hydrogens (tertiary/aromatic N) is 3. The van der Waals surface area contributed by atoms with Gasteiger partial charge in [-0.15, -0.1) is 21.5 Å². The van der Waals surface area contributed by atoms with E-state index in [9.17, 15) is 0 Å². The molecule has 0 bridgehead atoms. The summed E-state index contributed by atoms with van der Waals surface area (Å²) < 4.78 is 2.04. The predicted molar refractivity (Wildman–Crippen MR) is 106 cm³/mol. The monoisotopic (exact) mass is 393 g/mol. The van der Waals surface area contributed by atoms with Crippen LogP contribution in [0.1, 0.15) is 41.6 Å². The molecule has 0 atom stereocenters. The Morgan fingerprint density at radius 1 is 1.00 bits per heavy atom. The fourth-order valence-electron chi connectivity index (χ4n) is 2.07. The molecule has 0 spiro atoms. The summed E-state index contributed by atoms with van der Waals surface area (Å²) in [7, 11) is 0. The van der Waals surface area contributed by atoms with E-state index < -0.39 is 0 Å². The third-order valence-corrected chi connectivity index (χ3v) is 7.52. The van der Waals surface area contributed by atoms with Crippen molar-refractivity contribution in [3.63, 3.8) is 0 Å². The van der Waals surface area contributed by atoms with Crippen LogP contribution >= 0.6 is 46.2 Å². The Labute approximate surface area is 159 Å². The van der Waals surface area contributed by atoms with Gasteiger partial charge in [0.05, 0.1) is 10.7 Å². The van der Waals surface area contributed by atoms with Gasteiger partial charge >= 0.3 is 0 Å². The fourth-order valence-corrected chi connectivity index (χ4v) is 5.65. The van der Waals surface area contributed by atoms with E-state index in [2.05, 4.69) is 58.7 Å². The van der Waals surface area contributed by atoms with Crippen LogP contribution < -0.4 is 0 Å². The van der Waals surface area contributed by atoms with E-state index in [4.69, 9.17) is 0 Å². The summed E-state index contributed by atoms with van der Waals surface area (Å²) in [5.74, 6) is 2.37. The molecule has 0 aliphatic heterocycles. The highest BCUT2D eigenvalue weighted by molar-refractivity contribution is 8.02. The van der Waals surface area contributed by atoms with Gasteiger partial charge in [-0.1, -0.05) is 73.0 Å². The minimum atomic E-state index is 0.580. The Bertz CT molecular complexity index is 777. The molecule has 0 saturated heterocycles. The fraction of sp³-hybridized carbons (Fsp3) is 0.353. The van der Waals surface area contributed by atoms with Crippen molar-refractivity contribution < 1.29 is 0 Å². The van der Waals surface area contributed by atoms with Gasteiger partial charge in [0, 0.05) is 16.9 Å². The van der Waals surface area contributed by atoms with E-state index in [0.29, 0.717) is 5.92 Å². The first-order valence-electron chi connectivity index (χ1n) is 7.69. The van der Waals surface area contributed by atoms with E-state index in [1.807, 2.05) is 6.92 Å². The Balaban J connectivity index is 1.50. The van der Waals surface area contributed by atoms with Crippen LogP contribution in [-0.2, 0) is 11.5 Å². The van der Waals surface area contributed by atoms with Crippen molar-refractivity contribution in [2.45, 2.75) is 46.9 Å². The summed E-state index contributed by atoms with van der Waals surface area (Å²) in [5, 5.41) is 11.8. The zero-order chi connectivity index (χ0) is 16.9. The lowest BCUT2D eigenvalue weighted by Gasteiger charge is -2.05. The van der Waals surface area contributed by atoms with Crippen LogP contribution in [0.5, 0.6) is 0 Å². The molecule has 126 valence electrons. The zero-order valence-electron chi connectivity index (χ0n) is 13.9. The molecule has 1 aromatic carbocycles. The number of hydrogen-bond donors (Lipinski definition) is 0. The molecule has 2 aromatic heterocycles. The molecule has 3 aromatic rings. The minimum absolute atomic E-state index is 0.580. The van der Waals surface area contributed by atoms with E-state index in [1.165, 1.54) is 11.1 Å². The molecule has 3 rings (SSSR count). The molecule has 0 aliphatic carbocycles. The Hall–Kier alpha value is -0.890. The number of aromatic nitrogens is 3. The molecule has 0 saturated carbocycles. The van der Waals surface area contributed by atoms with E-state index in [1.54, 1.807) is 46.2 Å². The summed E-state index contributed by atoms with van der Waals surface area (Å²) in [6.45, 7) is 6.47. The lowest BCUT2D eigenvalue weighted by atomic mass is 10.0. The lowest BCUT2D eigenvalue weighted by Crippen LogP contribution is -1.87. The molecule has 3 nitrogen and oxygen atoms in total. The van der Waals surface area contributed by atoms with Crippen LogP contribution in [0.2, 0.25) is 0 Å². The highest BCUT2D eigenvalue weighted by atomic mass is 32.2. The number of benzene rings is 1. The molecule has 24 heavy (non-hydrogen) atoms. The highest BCUT2D eigenvalue weighted by Gasteiger charge is 2.08. The average Bonchev–Trinajstić information content (AvgIpc) is 3.20. The quantitative estimate of drug-likeness (QED) is 0.460. The van der Waals surface area contributed by atoms with Gasteiger partial charge in [0.15, 0.2) is 8.68 Å². The smallest absolute Gasteiger partial charge is 0.175 e. The largest absolute Gasteiger partial charge is 0.246 e. The van der Waals surface area contributed by atoms with Gasteiger partial charge in [-0.05, 0) is 24.0 Å². The maximum absolute atomic E-state index is 4.48. The molecular weight excluding hydrogens is 374 g/mol. The molecular formula is C17H19N3S4. The van der Waals surface area contributed by atoms with Crippen LogP contribution in [0.4, 0.5) is 0 Å². The van der Waals surface area contributed by atoms with Gasteiger partial charge in [0.1, 0.15) is 0 Å². The number of hydrogen-bond acceptors (Lipinski definition) is 7. The van der Waals surface area contributed by atoms with Crippen LogP contribution in [0.3, 0.4) is 0 Å². The zero-order valence-corrected chi connectivity index (χ0v) is 17.1. The summed E-state index contributed by atoms with van der Waals surface area (Å²) in [6.07, 6.45) is 0. The van der Waals surface area contributed by atoms with Gasteiger partial charge in [0.25, 0.3) is 0 Å². The molecule has 0 unspecified atom stereocenters. The molecule has 7 heteroatoms. The number of aryl methyl sites for hydroxylation is 1. The maximum Gasteiger partial charge on any atom is 0.175 e. The Kier molecular flexibility index (Phi) is 6.32. The number of thioether (sulfide) groups is 2. The van der Waals surface area contributed by atoms with Gasteiger partial charge in [0.2, 0.25) is 0 Å². The summed E-state index contributed by atoms with van der Waals surface area (Å²) in [4.78, 5) is 4.48. The second kappa shape index (κ2) is 8.47. The SMILES string of the molecule is Cc1nc(CSc2nnc(SCc3ccc(C(C)C)cc3)s2)cs1. The summed E-state index contributed by atoms with van der Waals surface area (Å²) in [5.41, 5.74) is 3.83. The molecule has 0 fully saturated rings. The topological polar surface area (TPSA) is 38.7 Å². The summed E-state index contributed by atoms with van der Waals surface area (Å²) >= 11 is 6.82. The highest BCUT2D eigenvalue weighted by Crippen LogP contribution is 2.32. The summed E-state index contributed by atoms with van der Waals surface area (Å²) in [6, 6.07) is 8.86. The standard InChI is InChI=1S/C17H19N3S4/c1-11(2)14-6-4-13(5-7-14)8-22-16-19-20-17(24-16)23-10-15-9-21-12(3)18-15/h4-7,9,11H,8,10H2,1-3H3. The van der Waals surface area contributed by atoms with Crippen molar-refractivity contribution in [1.29, 1.82) is 0 Å². The second-order valence-electron chi connectivity index (χ2n) is 5.67. The number of rotatable bonds is 7. The van der Waals surface area contributed by atoms with E-state index in [-0.39, 0.29) is 0 Å². The first-order chi connectivity index (χ1) is 11.6. The normalized spacial score (nSPS) is 11.3. The van der Waals surface area contributed by atoms with E-state index >= 15 is 0 Å².